The lowest BCUT2D eigenvalue weighted by atomic mass is 9.76. The van der Waals surface area contributed by atoms with E-state index in [2.05, 4.69) is 19.2 Å². The molecule has 0 aromatic heterocycles. The third-order valence-electron chi connectivity index (χ3n) is 5.31. The average Bonchev–Trinajstić information content (AvgIpc) is 3.25. The number of nitrogens with one attached hydrogen (secondary N) is 1. The van der Waals surface area contributed by atoms with E-state index in [1.165, 1.54) is 19.3 Å². The number of amides is 2. The van der Waals surface area contributed by atoms with Crippen molar-refractivity contribution < 1.29 is 9.59 Å². The Morgan fingerprint density at radius 1 is 1.10 bits per heavy atom. The lowest BCUT2D eigenvalue weighted by Crippen LogP contribution is -2.63. The van der Waals surface area contributed by atoms with E-state index < -0.39 is 0 Å². The summed E-state index contributed by atoms with van der Waals surface area (Å²) in [5.41, 5.74) is 0. The van der Waals surface area contributed by atoms with Gasteiger partial charge in [-0.2, -0.15) is 0 Å². The molecule has 3 atom stereocenters. The first-order chi connectivity index (χ1) is 9.58. The predicted octanol–water partition coefficient (Wildman–Crippen LogP) is 1.94. The van der Waals surface area contributed by atoms with Gasteiger partial charge >= 0.3 is 0 Å². The second kappa shape index (κ2) is 5.38. The highest BCUT2D eigenvalue weighted by Crippen LogP contribution is 2.38. The molecule has 0 radical (unpaired) electrons. The van der Waals surface area contributed by atoms with Gasteiger partial charge in [-0.1, -0.05) is 26.7 Å². The summed E-state index contributed by atoms with van der Waals surface area (Å²) < 4.78 is 0. The fraction of sp³-hybridized carbons (Fsp3) is 0.875. The topological polar surface area (TPSA) is 49.4 Å². The summed E-state index contributed by atoms with van der Waals surface area (Å²) in [6, 6.07) is 0.0505. The summed E-state index contributed by atoms with van der Waals surface area (Å²) in [5, 5.41) is 2.91. The monoisotopic (exact) mass is 278 g/mol. The first kappa shape index (κ1) is 13.9. The van der Waals surface area contributed by atoms with E-state index in [4.69, 9.17) is 0 Å². The van der Waals surface area contributed by atoms with Crippen LogP contribution in [0.2, 0.25) is 0 Å². The molecule has 112 valence electrons. The van der Waals surface area contributed by atoms with Crippen molar-refractivity contribution in [2.24, 2.45) is 17.8 Å². The lowest BCUT2D eigenvalue weighted by molar-refractivity contribution is -0.149. The van der Waals surface area contributed by atoms with Crippen LogP contribution in [0.3, 0.4) is 0 Å². The Kier molecular flexibility index (Phi) is 3.74. The molecule has 20 heavy (non-hydrogen) atoms. The van der Waals surface area contributed by atoms with Crippen molar-refractivity contribution in [3.63, 3.8) is 0 Å². The summed E-state index contributed by atoms with van der Waals surface area (Å²) >= 11 is 0. The Hall–Kier alpha value is -1.06. The van der Waals surface area contributed by atoms with Crippen molar-refractivity contribution in [2.45, 2.75) is 64.5 Å². The van der Waals surface area contributed by atoms with Crippen LogP contribution in [0.1, 0.15) is 52.4 Å². The third-order valence-corrected chi connectivity index (χ3v) is 5.31. The van der Waals surface area contributed by atoms with Gasteiger partial charge in [-0.25, -0.2) is 0 Å². The molecule has 2 aliphatic carbocycles. The molecule has 0 aromatic carbocycles. The fourth-order valence-corrected chi connectivity index (χ4v) is 4.03. The number of hydrogen-bond donors (Lipinski definition) is 1. The Balaban J connectivity index is 1.78. The van der Waals surface area contributed by atoms with E-state index in [9.17, 15) is 9.59 Å². The minimum absolute atomic E-state index is 0.0366. The predicted molar refractivity (Wildman–Crippen MR) is 77.0 cm³/mol. The van der Waals surface area contributed by atoms with Gasteiger partial charge in [0.2, 0.25) is 11.8 Å². The van der Waals surface area contributed by atoms with Crippen LogP contribution in [0, 0.1) is 17.8 Å². The van der Waals surface area contributed by atoms with E-state index in [1.807, 2.05) is 4.90 Å². The fourth-order valence-electron chi connectivity index (χ4n) is 4.03. The van der Waals surface area contributed by atoms with Crippen LogP contribution in [0.25, 0.3) is 0 Å². The van der Waals surface area contributed by atoms with Crippen molar-refractivity contribution in [3.05, 3.63) is 0 Å². The molecule has 2 saturated carbocycles. The van der Waals surface area contributed by atoms with Crippen LogP contribution in [0.5, 0.6) is 0 Å². The van der Waals surface area contributed by atoms with Gasteiger partial charge in [0.1, 0.15) is 6.04 Å². The Labute approximate surface area is 121 Å². The van der Waals surface area contributed by atoms with Gasteiger partial charge in [0.05, 0.1) is 6.54 Å². The number of rotatable bonds is 3. The highest BCUT2D eigenvalue weighted by atomic mass is 16.2. The van der Waals surface area contributed by atoms with E-state index >= 15 is 0 Å². The Bertz CT molecular complexity index is 403. The van der Waals surface area contributed by atoms with Gasteiger partial charge in [0.15, 0.2) is 0 Å². The molecule has 0 aromatic rings. The minimum atomic E-state index is -0.231. The van der Waals surface area contributed by atoms with Crippen molar-refractivity contribution >= 4 is 11.8 Å². The molecule has 1 aliphatic heterocycles. The molecule has 3 unspecified atom stereocenters. The largest absolute Gasteiger partial charge is 0.342 e. The summed E-state index contributed by atoms with van der Waals surface area (Å²) in [5.74, 6) is 1.76. The molecule has 4 nitrogen and oxygen atoms in total. The van der Waals surface area contributed by atoms with E-state index in [-0.39, 0.29) is 30.4 Å². The molecular formula is C16H26N2O2. The third kappa shape index (κ3) is 2.57. The summed E-state index contributed by atoms with van der Waals surface area (Å²) in [4.78, 5) is 26.6. The maximum Gasteiger partial charge on any atom is 0.246 e. The molecule has 0 bridgehead atoms. The highest BCUT2D eigenvalue weighted by Gasteiger charge is 2.46. The second-order valence-corrected chi connectivity index (χ2v) is 7.11. The number of carbonyl (C=O) groups excluding carboxylic acids is 2. The van der Waals surface area contributed by atoms with E-state index in [0.29, 0.717) is 17.8 Å². The van der Waals surface area contributed by atoms with Gasteiger partial charge in [-0.3, -0.25) is 9.59 Å². The molecule has 4 heteroatoms. The van der Waals surface area contributed by atoms with Crippen LogP contribution in [-0.2, 0) is 9.59 Å². The number of nitrogens with zero attached hydrogens (tertiary/aromatic N) is 1. The standard InChI is InChI=1S/C16H26N2O2/c1-10(2)12-5-3-4-6-13(12)18-9-14(19)17-15(16(18)20)11-7-8-11/h10-13,15H,3-9H2,1-2H3,(H,17,19). The zero-order chi connectivity index (χ0) is 14.3. The molecule has 2 amide bonds. The quantitative estimate of drug-likeness (QED) is 0.857. The smallest absolute Gasteiger partial charge is 0.246 e. The SMILES string of the molecule is CC(C)C1CCCCC1N1CC(=O)NC(C2CC2)C1=O. The zero-order valence-electron chi connectivity index (χ0n) is 12.6. The maximum absolute atomic E-state index is 12.7. The number of hydrogen-bond acceptors (Lipinski definition) is 2. The first-order valence-corrected chi connectivity index (χ1v) is 8.17. The van der Waals surface area contributed by atoms with Crippen LogP contribution < -0.4 is 5.32 Å². The van der Waals surface area contributed by atoms with E-state index in [1.54, 1.807) is 0 Å². The van der Waals surface area contributed by atoms with Gasteiger partial charge in [-0.15, -0.1) is 0 Å². The van der Waals surface area contributed by atoms with Crippen molar-refractivity contribution in [3.8, 4) is 0 Å². The Morgan fingerprint density at radius 3 is 2.45 bits per heavy atom. The number of carbonyl (C=O) groups is 2. The number of piperazine rings is 1. The molecule has 3 fully saturated rings. The molecule has 3 aliphatic rings. The average molecular weight is 278 g/mol. The van der Waals surface area contributed by atoms with Crippen LogP contribution in [0.15, 0.2) is 0 Å². The van der Waals surface area contributed by atoms with Gasteiger partial charge in [-0.05, 0) is 43.4 Å². The summed E-state index contributed by atoms with van der Waals surface area (Å²) in [7, 11) is 0. The van der Waals surface area contributed by atoms with Crippen LogP contribution in [0.4, 0.5) is 0 Å². The van der Waals surface area contributed by atoms with Gasteiger partial charge in [0.25, 0.3) is 0 Å². The molecule has 1 N–H and O–H groups in total. The van der Waals surface area contributed by atoms with Crippen molar-refractivity contribution in [2.75, 3.05) is 6.54 Å². The van der Waals surface area contributed by atoms with Crippen molar-refractivity contribution in [1.82, 2.24) is 10.2 Å². The highest BCUT2D eigenvalue weighted by molar-refractivity contribution is 5.95. The van der Waals surface area contributed by atoms with Gasteiger partial charge in [0, 0.05) is 6.04 Å². The van der Waals surface area contributed by atoms with Crippen LogP contribution in [-0.4, -0.2) is 35.3 Å². The molecule has 0 spiro atoms. The molecule has 1 saturated heterocycles. The minimum Gasteiger partial charge on any atom is -0.342 e. The summed E-state index contributed by atoms with van der Waals surface area (Å²) in [6.45, 7) is 4.77. The molecule has 1 heterocycles. The molecular weight excluding hydrogens is 252 g/mol. The normalized spacial score (nSPS) is 35.4. The van der Waals surface area contributed by atoms with Gasteiger partial charge < -0.3 is 10.2 Å². The second-order valence-electron chi connectivity index (χ2n) is 7.11. The van der Waals surface area contributed by atoms with E-state index in [0.717, 1.165) is 19.3 Å². The summed E-state index contributed by atoms with van der Waals surface area (Å²) in [6.07, 6.45) is 6.89. The van der Waals surface area contributed by atoms with Crippen molar-refractivity contribution in [1.29, 1.82) is 0 Å². The maximum atomic E-state index is 12.7. The zero-order valence-corrected chi connectivity index (χ0v) is 12.6. The first-order valence-electron chi connectivity index (χ1n) is 8.17. The van der Waals surface area contributed by atoms with Crippen LogP contribution >= 0.6 is 0 Å². The lowest BCUT2D eigenvalue weighted by Gasteiger charge is -2.45. The Morgan fingerprint density at radius 2 is 1.80 bits per heavy atom. The molecule has 3 rings (SSSR count).